The molecule has 0 fully saturated rings. The van der Waals surface area contributed by atoms with Crippen LogP contribution >= 0.6 is 11.3 Å². The standard InChI is InChI=1S/C15H12N4O2S/c1-10(20)11-3-2-4-13(7-11)19-14(21)12(8-16)9-18-15-17-5-6-22-15/h2-7,9H,1H3,(H,17,18)(H,19,21)/b12-9-. The van der Waals surface area contributed by atoms with Crippen LogP contribution in [0.5, 0.6) is 0 Å². The molecule has 0 saturated heterocycles. The number of Topliss-reactive ketones (excluding diaryl/α,β-unsaturated/α-hetero) is 1. The molecule has 7 heteroatoms. The van der Waals surface area contributed by atoms with Crippen LogP contribution in [0.2, 0.25) is 0 Å². The van der Waals surface area contributed by atoms with E-state index < -0.39 is 5.91 Å². The minimum Gasteiger partial charge on any atom is -0.337 e. The van der Waals surface area contributed by atoms with Gasteiger partial charge in [0.05, 0.1) is 0 Å². The number of aromatic nitrogens is 1. The first-order chi connectivity index (χ1) is 10.6. The summed E-state index contributed by atoms with van der Waals surface area (Å²) in [6, 6.07) is 8.34. The summed E-state index contributed by atoms with van der Waals surface area (Å²) in [5.74, 6) is -0.662. The highest BCUT2D eigenvalue weighted by atomic mass is 32.1. The fourth-order valence-corrected chi connectivity index (χ4v) is 2.09. The summed E-state index contributed by atoms with van der Waals surface area (Å²) < 4.78 is 0. The zero-order valence-electron chi connectivity index (χ0n) is 11.7. The van der Waals surface area contributed by atoms with Gasteiger partial charge in [-0.25, -0.2) is 4.98 Å². The second kappa shape index (κ2) is 7.15. The number of hydrogen-bond donors (Lipinski definition) is 2. The Morgan fingerprint density at radius 2 is 2.23 bits per heavy atom. The number of carbonyl (C=O) groups is 2. The van der Waals surface area contributed by atoms with Crippen molar-refractivity contribution in [2.45, 2.75) is 6.92 Å². The molecule has 0 radical (unpaired) electrons. The van der Waals surface area contributed by atoms with Gasteiger partial charge in [0.2, 0.25) is 0 Å². The van der Waals surface area contributed by atoms with Gasteiger partial charge in [0, 0.05) is 29.0 Å². The van der Waals surface area contributed by atoms with E-state index in [0.29, 0.717) is 16.4 Å². The molecule has 0 aliphatic heterocycles. The molecule has 1 aromatic carbocycles. The lowest BCUT2D eigenvalue weighted by Gasteiger charge is -2.05. The van der Waals surface area contributed by atoms with Crippen molar-refractivity contribution in [2.24, 2.45) is 0 Å². The number of thiazole rings is 1. The number of carbonyl (C=O) groups excluding carboxylic acids is 2. The molecule has 1 amide bonds. The van der Waals surface area contributed by atoms with E-state index in [1.807, 2.05) is 6.07 Å². The molecule has 0 saturated carbocycles. The maximum absolute atomic E-state index is 12.0. The van der Waals surface area contributed by atoms with Gasteiger partial charge in [-0.3, -0.25) is 9.59 Å². The van der Waals surface area contributed by atoms with Crippen molar-refractivity contribution < 1.29 is 9.59 Å². The fourth-order valence-electron chi connectivity index (χ4n) is 1.59. The van der Waals surface area contributed by atoms with Crippen LogP contribution in [0.4, 0.5) is 10.8 Å². The number of nitriles is 1. The van der Waals surface area contributed by atoms with Crippen LogP contribution < -0.4 is 10.6 Å². The first kappa shape index (κ1) is 15.4. The Morgan fingerprint density at radius 3 is 2.86 bits per heavy atom. The quantitative estimate of drug-likeness (QED) is 0.503. The lowest BCUT2D eigenvalue weighted by atomic mass is 10.1. The molecule has 110 valence electrons. The van der Waals surface area contributed by atoms with Crippen LogP contribution in [0, 0.1) is 11.3 Å². The van der Waals surface area contributed by atoms with E-state index in [1.54, 1.807) is 35.8 Å². The number of benzene rings is 1. The van der Waals surface area contributed by atoms with Crippen molar-refractivity contribution in [2.75, 3.05) is 10.6 Å². The van der Waals surface area contributed by atoms with Crippen LogP contribution in [0.3, 0.4) is 0 Å². The third-order valence-corrected chi connectivity index (χ3v) is 3.37. The van der Waals surface area contributed by atoms with Gasteiger partial charge in [0.1, 0.15) is 11.6 Å². The minimum atomic E-state index is -0.563. The predicted octanol–water partition coefficient (Wildman–Crippen LogP) is 2.80. The van der Waals surface area contributed by atoms with Crippen molar-refractivity contribution in [3.8, 4) is 6.07 Å². The first-order valence-corrected chi connectivity index (χ1v) is 7.17. The lowest BCUT2D eigenvalue weighted by molar-refractivity contribution is -0.112. The Labute approximate surface area is 131 Å². The number of amides is 1. The molecule has 2 rings (SSSR count). The normalized spacial score (nSPS) is 10.6. The molecule has 0 unspecified atom stereocenters. The summed E-state index contributed by atoms with van der Waals surface area (Å²) in [6.07, 6.45) is 2.91. The van der Waals surface area contributed by atoms with Gasteiger partial charge in [-0.1, -0.05) is 12.1 Å². The summed E-state index contributed by atoms with van der Waals surface area (Å²) in [5.41, 5.74) is 0.845. The Bertz CT molecular complexity index is 760. The highest BCUT2D eigenvalue weighted by molar-refractivity contribution is 7.13. The van der Waals surface area contributed by atoms with Crippen molar-refractivity contribution in [1.29, 1.82) is 5.26 Å². The number of nitrogens with zero attached hydrogens (tertiary/aromatic N) is 2. The first-order valence-electron chi connectivity index (χ1n) is 6.29. The van der Waals surface area contributed by atoms with E-state index in [9.17, 15) is 9.59 Å². The maximum Gasteiger partial charge on any atom is 0.267 e. The minimum absolute atomic E-state index is 0.0940. The highest BCUT2D eigenvalue weighted by Crippen LogP contribution is 2.13. The number of anilines is 2. The summed E-state index contributed by atoms with van der Waals surface area (Å²) in [6.45, 7) is 1.44. The van der Waals surface area contributed by atoms with Gasteiger partial charge in [-0.05, 0) is 19.1 Å². The zero-order chi connectivity index (χ0) is 15.9. The van der Waals surface area contributed by atoms with Crippen molar-refractivity contribution in [3.05, 3.63) is 53.2 Å². The van der Waals surface area contributed by atoms with Crippen LogP contribution in [0.25, 0.3) is 0 Å². The molecule has 0 aliphatic rings. The summed E-state index contributed by atoms with van der Waals surface area (Å²) >= 11 is 1.35. The summed E-state index contributed by atoms with van der Waals surface area (Å²) in [4.78, 5) is 27.3. The van der Waals surface area contributed by atoms with Crippen LogP contribution in [-0.2, 0) is 4.79 Å². The number of rotatable bonds is 5. The second-order valence-electron chi connectivity index (χ2n) is 4.24. The number of ketones is 1. The third kappa shape index (κ3) is 4.01. The van der Waals surface area contributed by atoms with E-state index in [-0.39, 0.29) is 11.4 Å². The van der Waals surface area contributed by atoms with Gasteiger partial charge in [0.25, 0.3) is 5.91 Å². The maximum atomic E-state index is 12.0. The van der Waals surface area contributed by atoms with Crippen molar-refractivity contribution in [3.63, 3.8) is 0 Å². The molecule has 0 atom stereocenters. The van der Waals surface area contributed by atoms with Gasteiger partial charge in [-0.15, -0.1) is 11.3 Å². The van der Waals surface area contributed by atoms with Crippen LogP contribution in [0.1, 0.15) is 17.3 Å². The van der Waals surface area contributed by atoms with E-state index in [1.165, 1.54) is 24.5 Å². The molecule has 0 bridgehead atoms. The Kier molecular flexibility index (Phi) is 5.01. The van der Waals surface area contributed by atoms with Crippen LogP contribution in [-0.4, -0.2) is 16.7 Å². The van der Waals surface area contributed by atoms with Gasteiger partial charge >= 0.3 is 0 Å². The monoisotopic (exact) mass is 312 g/mol. The fraction of sp³-hybridized carbons (Fsp3) is 0.0667. The van der Waals surface area contributed by atoms with E-state index >= 15 is 0 Å². The van der Waals surface area contributed by atoms with Crippen molar-refractivity contribution in [1.82, 2.24) is 4.98 Å². The molecule has 0 aliphatic carbocycles. The Balaban J connectivity index is 2.09. The number of nitrogens with one attached hydrogen (secondary N) is 2. The zero-order valence-corrected chi connectivity index (χ0v) is 12.5. The van der Waals surface area contributed by atoms with E-state index in [4.69, 9.17) is 5.26 Å². The van der Waals surface area contributed by atoms with E-state index in [0.717, 1.165) is 0 Å². The Morgan fingerprint density at radius 1 is 1.41 bits per heavy atom. The molecule has 0 spiro atoms. The summed E-state index contributed by atoms with van der Waals surface area (Å²) in [7, 11) is 0. The average molecular weight is 312 g/mol. The largest absolute Gasteiger partial charge is 0.337 e. The smallest absolute Gasteiger partial charge is 0.267 e. The molecular weight excluding hydrogens is 300 g/mol. The highest BCUT2D eigenvalue weighted by Gasteiger charge is 2.10. The average Bonchev–Trinajstić information content (AvgIpc) is 3.01. The Hall–Kier alpha value is -2.98. The molecule has 2 N–H and O–H groups in total. The SMILES string of the molecule is CC(=O)c1cccc(NC(=O)/C(C#N)=C\Nc2nccs2)c1. The third-order valence-electron chi connectivity index (χ3n) is 2.66. The number of hydrogen-bond acceptors (Lipinski definition) is 6. The predicted molar refractivity (Wildman–Crippen MR) is 84.5 cm³/mol. The molecule has 6 nitrogen and oxygen atoms in total. The molecule has 1 aromatic heterocycles. The summed E-state index contributed by atoms with van der Waals surface area (Å²) in [5, 5.41) is 16.8. The topological polar surface area (TPSA) is 94.9 Å². The second-order valence-corrected chi connectivity index (χ2v) is 5.14. The van der Waals surface area contributed by atoms with E-state index in [2.05, 4.69) is 15.6 Å². The van der Waals surface area contributed by atoms with Crippen LogP contribution in [0.15, 0.2) is 47.6 Å². The van der Waals surface area contributed by atoms with Gasteiger partial charge in [-0.2, -0.15) is 5.26 Å². The molecule has 22 heavy (non-hydrogen) atoms. The molecular formula is C15H12N4O2S. The molecule has 1 heterocycles. The molecule has 2 aromatic rings. The van der Waals surface area contributed by atoms with Gasteiger partial charge < -0.3 is 10.6 Å². The van der Waals surface area contributed by atoms with Gasteiger partial charge in [0.15, 0.2) is 10.9 Å². The van der Waals surface area contributed by atoms with Crippen molar-refractivity contribution >= 4 is 33.8 Å². The lowest BCUT2D eigenvalue weighted by Crippen LogP contribution is -2.14.